The van der Waals surface area contributed by atoms with Gasteiger partial charge in [-0.15, -0.1) is 0 Å². The Morgan fingerprint density at radius 2 is 1.94 bits per heavy atom. The van der Waals surface area contributed by atoms with Gasteiger partial charge < -0.3 is 5.32 Å². The number of carbonyl (C=O) groups excluding carboxylic acids is 1. The summed E-state index contributed by atoms with van der Waals surface area (Å²) in [5.41, 5.74) is -0.789. The van der Waals surface area contributed by atoms with Gasteiger partial charge in [0.1, 0.15) is 5.41 Å². The molecule has 1 fully saturated rings. The molecule has 0 radical (unpaired) electrons. The number of nitrogens with one attached hydrogen (secondary N) is 1. The third-order valence-corrected chi connectivity index (χ3v) is 4.07. The summed E-state index contributed by atoms with van der Waals surface area (Å²) in [4.78, 5) is 12.2. The molecule has 1 N–H and O–H groups in total. The lowest BCUT2D eigenvalue weighted by Crippen LogP contribution is -2.41. The lowest BCUT2D eigenvalue weighted by Gasteiger charge is -2.27. The van der Waals surface area contributed by atoms with Crippen LogP contribution in [0.2, 0.25) is 0 Å². The third-order valence-electron chi connectivity index (χ3n) is 4.07. The Kier molecular flexibility index (Phi) is 6.18. The second-order valence-electron chi connectivity index (χ2n) is 5.54. The minimum absolute atomic E-state index is 0.0481. The van der Waals surface area contributed by atoms with Gasteiger partial charge in [-0.2, -0.15) is 5.26 Å². The molecule has 0 heterocycles. The highest BCUT2D eigenvalue weighted by Crippen LogP contribution is 2.31. The van der Waals surface area contributed by atoms with Crippen LogP contribution in [0, 0.1) is 22.7 Å². The van der Waals surface area contributed by atoms with E-state index in [4.69, 9.17) is 0 Å². The Morgan fingerprint density at radius 1 is 1.33 bits per heavy atom. The van der Waals surface area contributed by atoms with Crippen LogP contribution in [-0.2, 0) is 4.79 Å². The smallest absolute Gasteiger partial charge is 0.240 e. The number of hydrogen-bond donors (Lipinski definition) is 1. The van der Waals surface area contributed by atoms with E-state index in [-0.39, 0.29) is 5.91 Å². The van der Waals surface area contributed by atoms with E-state index in [1.807, 2.05) is 13.8 Å². The first-order valence-electron chi connectivity index (χ1n) is 7.38. The number of nitriles is 1. The van der Waals surface area contributed by atoms with Crippen LogP contribution in [-0.4, -0.2) is 12.5 Å². The zero-order valence-electron chi connectivity index (χ0n) is 11.8. The van der Waals surface area contributed by atoms with Crippen molar-refractivity contribution in [1.82, 2.24) is 5.32 Å². The normalized spacial score (nSPS) is 15.8. The molecule has 0 aliphatic heterocycles. The molecule has 0 aromatic carbocycles. The van der Waals surface area contributed by atoms with Crippen LogP contribution >= 0.6 is 0 Å². The van der Waals surface area contributed by atoms with Crippen LogP contribution in [0.15, 0.2) is 0 Å². The Morgan fingerprint density at radius 3 is 2.33 bits per heavy atom. The van der Waals surface area contributed by atoms with Crippen molar-refractivity contribution in [3.63, 3.8) is 0 Å². The lowest BCUT2D eigenvalue weighted by atomic mass is 9.79. The summed E-state index contributed by atoms with van der Waals surface area (Å²) < 4.78 is 0. The summed E-state index contributed by atoms with van der Waals surface area (Å²) in [5, 5.41) is 12.3. The first-order valence-corrected chi connectivity index (χ1v) is 7.38. The Labute approximate surface area is 111 Å². The summed E-state index contributed by atoms with van der Waals surface area (Å²) in [6.45, 7) is 4.80. The molecule has 3 nitrogen and oxygen atoms in total. The molecule has 18 heavy (non-hydrogen) atoms. The van der Waals surface area contributed by atoms with Crippen LogP contribution in [0.3, 0.4) is 0 Å². The van der Waals surface area contributed by atoms with Gasteiger partial charge in [-0.05, 0) is 25.2 Å². The van der Waals surface area contributed by atoms with Gasteiger partial charge in [0.05, 0.1) is 6.07 Å². The molecule has 1 saturated carbocycles. The molecule has 102 valence electrons. The Bertz CT molecular complexity index is 296. The average Bonchev–Trinajstić information content (AvgIpc) is 2.31. The van der Waals surface area contributed by atoms with E-state index < -0.39 is 5.41 Å². The number of rotatable bonds is 8. The fourth-order valence-electron chi connectivity index (χ4n) is 2.71. The molecule has 0 saturated heterocycles. The van der Waals surface area contributed by atoms with Gasteiger partial charge >= 0.3 is 0 Å². The highest BCUT2D eigenvalue weighted by molar-refractivity contribution is 5.85. The van der Waals surface area contributed by atoms with E-state index in [1.54, 1.807) is 0 Å². The van der Waals surface area contributed by atoms with E-state index >= 15 is 0 Å². The molecule has 1 aliphatic rings. The van der Waals surface area contributed by atoms with Crippen molar-refractivity contribution in [3.8, 4) is 6.07 Å². The molecule has 0 aromatic heterocycles. The van der Waals surface area contributed by atoms with Gasteiger partial charge in [-0.25, -0.2) is 0 Å². The van der Waals surface area contributed by atoms with E-state index in [0.29, 0.717) is 12.8 Å². The molecule has 0 aromatic rings. The van der Waals surface area contributed by atoms with Gasteiger partial charge in [0.15, 0.2) is 0 Å². The van der Waals surface area contributed by atoms with Crippen molar-refractivity contribution >= 4 is 5.91 Å². The topological polar surface area (TPSA) is 52.9 Å². The van der Waals surface area contributed by atoms with Crippen LogP contribution in [0.5, 0.6) is 0 Å². The molecule has 3 heteroatoms. The molecule has 0 spiro atoms. The molecule has 0 bridgehead atoms. The third kappa shape index (κ3) is 3.73. The van der Waals surface area contributed by atoms with Gasteiger partial charge in [-0.1, -0.05) is 46.0 Å². The van der Waals surface area contributed by atoms with Crippen molar-refractivity contribution < 1.29 is 4.79 Å². The highest BCUT2D eigenvalue weighted by Gasteiger charge is 2.36. The van der Waals surface area contributed by atoms with E-state index in [2.05, 4.69) is 11.4 Å². The lowest BCUT2D eigenvalue weighted by molar-refractivity contribution is -0.129. The van der Waals surface area contributed by atoms with Gasteiger partial charge in [0.2, 0.25) is 5.91 Å². The van der Waals surface area contributed by atoms with E-state index in [1.165, 1.54) is 19.3 Å². The summed E-state index contributed by atoms with van der Waals surface area (Å²) in [6, 6.07) is 2.27. The highest BCUT2D eigenvalue weighted by atomic mass is 16.2. The van der Waals surface area contributed by atoms with E-state index in [9.17, 15) is 10.1 Å². The maximum absolute atomic E-state index is 12.2. The van der Waals surface area contributed by atoms with Gasteiger partial charge in [0.25, 0.3) is 0 Å². The van der Waals surface area contributed by atoms with Crippen LogP contribution in [0.4, 0.5) is 0 Å². The fourth-order valence-corrected chi connectivity index (χ4v) is 2.71. The molecule has 1 aliphatic carbocycles. The summed E-state index contributed by atoms with van der Waals surface area (Å²) in [6.07, 6.45) is 8.14. The van der Waals surface area contributed by atoms with Crippen molar-refractivity contribution in [2.45, 2.75) is 65.2 Å². The minimum Gasteiger partial charge on any atom is -0.355 e. The van der Waals surface area contributed by atoms with E-state index in [0.717, 1.165) is 31.7 Å². The van der Waals surface area contributed by atoms with Crippen molar-refractivity contribution in [2.24, 2.45) is 11.3 Å². The second-order valence-corrected chi connectivity index (χ2v) is 5.54. The van der Waals surface area contributed by atoms with Crippen LogP contribution in [0.25, 0.3) is 0 Å². The van der Waals surface area contributed by atoms with Crippen LogP contribution < -0.4 is 5.32 Å². The maximum atomic E-state index is 12.2. The molecule has 0 unspecified atom stereocenters. The van der Waals surface area contributed by atoms with Crippen molar-refractivity contribution in [2.75, 3.05) is 6.54 Å². The zero-order chi connectivity index (χ0) is 13.4. The SMILES string of the molecule is CCCC(C#N)(CCC)C(=O)NCCC1CCC1. The molecule has 1 amide bonds. The monoisotopic (exact) mass is 250 g/mol. The largest absolute Gasteiger partial charge is 0.355 e. The predicted octanol–water partition coefficient (Wildman–Crippen LogP) is 3.40. The standard InChI is InChI=1S/C15H26N2O/c1-3-9-15(12-16,10-4-2)14(18)17-11-8-13-6-5-7-13/h13H,3-11H2,1-2H3,(H,17,18). The van der Waals surface area contributed by atoms with Crippen LogP contribution in [0.1, 0.15) is 65.2 Å². The number of carbonyl (C=O) groups is 1. The number of nitrogens with zero attached hydrogens (tertiary/aromatic N) is 1. The second kappa shape index (κ2) is 7.41. The summed E-state index contributed by atoms with van der Waals surface area (Å²) >= 11 is 0. The average molecular weight is 250 g/mol. The van der Waals surface area contributed by atoms with Crippen molar-refractivity contribution in [1.29, 1.82) is 5.26 Å². The van der Waals surface area contributed by atoms with Crippen molar-refractivity contribution in [3.05, 3.63) is 0 Å². The molecule has 0 atom stereocenters. The minimum atomic E-state index is -0.789. The Hall–Kier alpha value is -1.04. The number of amides is 1. The molecule has 1 rings (SSSR count). The first-order chi connectivity index (χ1) is 8.68. The molecular formula is C15H26N2O. The van der Waals surface area contributed by atoms with Gasteiger partial charge in [0, 0.05) is 6.54 Å². The van der Waals surface area contributed by atoms with Gasteiger partial charge in [-0.3, -0.25) is 4.79 Å². The Balaban J connectivity index is 2.44. The first kappa shape index (κ1) is 15.0. The quantitative estimate of drug-likeness (QED) is 0.717. The fraction of sp³-hybridized carbons (Fsp3) is 0.867. The summed E-state index contributed by atoms with van der Waals surface area (Å²) in [5.74, 6) is 0.757. The predicted molar refractivity (Wildman–Crippen MR) is 72.8 cm³/mol. The summed E-state index contributed by atoms with van der Waals surface area (Å²) in [7, 11) is 0. The zero-order valence-corrected chi connectivity index (χ0v) is 11.8. The molecular weight excluding hydrogens is 224 g/mol. The maximum Gasteiger partial charge on any atom is 0.240 e. The number of hydrogen-bond acceptors (Lipinski definition) is 2.